The number of hydrogen-bond donors (Lipinski definition) is 0. The summed E-state index contributed by atoms with van der Waals surface area (Å²) in [7, 11) is 0. The van der Waals surface area contributed by atoms with Gasteiger partial charge in [-0.15, -0.1) is 0 Å². The summed E-state index contributed by atoms with van der Waals surface area (Å²) < 4.78 is 7.35. The van der Waals surface area contributed by atoms with E-state index in [1.165, 1.54) is 0 Å². The fourth-order valence-electron chi connectivity index (χ4n) is 0.857. The Hall–Kier alpha value is -0.0800. The average molecular weight is 101 g/mol. The van der Waals surface area contributed by atoms with Crippen molar-refractivity contribution in [3.05, 3.63) is 0 Å². The molecule has 2 unspecified atom stereocenters. The molecule has 1 aliphatic carbocycles. The van der Waals surface area contributed by atoms with Crippen molar-refractivity contribution in [1.82, 2.24) is 0 Å². The van der Waals surface area contributed by atoms with Gasteiger partial charge in [-0.05, 0) is 18.8 Å². The highest BCUT2D eigenvalue weighted by Crippen LogP contribution is 2.39. The molecule has 40 valence electrons. The molecule has 0 bridgehead atoms. The summed E-state index contributed by atoms with van der Waals surface area (Å²) in [5.74, 6) is 0.469. The summed E-state index contributed by atoms with van der Waals surface area (Å²) in [6, 6.07) is 0. The normalized spacial score (nSPS) is 60.6. The van der Waals surface area contributed by atoms with Crippen LogP contribution in [-0.4, -0.2) is 12.7 Å². The van der Waals surface area contributed by atoms with Crippen molar-refractivity contribution in [2.24, 2.45) is 5.92 Å². The van der Waals surface area contributed by atoms with Gasteiger partial charge in [0, 0.05) is 0 Å². The van der Waals surface area contributed by atoms with Gasteiger partial charge in [0.1, 0.15) is 0 Å². The summed E-state index contributed by atoms with van der Waals surface area (Å²) in [6.07, 6.45) is 1.24. The van der Waals surface area contributed by atoms with E-state index in [0.717, 1.165) is 12.8 Å². The van der Waals surface area contributed by atoms with Crippen molar-refractivity contribution in [2.75, 3.05) is 6.61 Å². The highest BCUT2D eigenvalue weighted by Gasteiger charge is 2.41. The second-order valence-corrected chi connectivity index (χ2v) is 2.06. The summed E-state index contributed by atoms with van der Waals surface area (Å²) in [4.78, 5) is 9.34. The topological polar surface area (TPSA) is 18.5 Å². The maximum absolute atomic E-state index is 7.35. The zero-order valence-corrected chi connectivity index (χ0v) is 4.02. The smallest absolute Gasteiger partial charge is 0.0963 e. The van der Waals surface area contributed by atoms with Crippen molar-refractivity contribution in [3.8, 4) is 0 Å². The van der Waals surface area contributed by atoms with Crippen molar-refractivity contribution in [1.29, 1.82) is 0 Å². The fourth-order valence-corrected chi connectivity index (χ4v) is 0.857. The maximum Gasteiger partial charge on any atom is 0.0963 e. The lowest BCUT2D eigenvalue weighted by molar-refractivity contribution is -0.321. The van der Waals surface area contributed by atoms with Gasteiger partial charge in [0.25, 0.3) is 0 Å². The third kappa shape index (κ3) is 0.545. The molecule has 2 aliphatic rings. The number of fused-ring (bicyclic) bond motifs is 1. The molecule has 0 amide bonds. The fraction of sp³-hybridized carbons (Fsp3) is 1.00. The van der Waals surface area contributed by atoms with E-state index in [2.05, 4.69) is 4.89 Å². The van der Waals surface area contributed by atoms with E-state index in [-0.39, 0.29) is 0 Å². The Morgan fingerprint density at radius 1 is 1.71 bits per heavy atom. The van der Waals surface area contributed by atoms with E-state index in [1.54, 1.807) is 0 Å². The molecule has 1 aliphatic heterocycles. The Kier molecular flexibility index (Phi) is 0.523. The monoisotopic (exact) mass is 101 g/mol. The summed E-state index contributed by atoms with van der Waals surface area (Å²) in [5, 5.41) is 0. The molecule has 0 N–H and O–H groups in total. The minimum absolute atomic E-state index is 0.469. The Labute approximate surface area is 43.7 Å². The van der Waals surface area contributed by atoms with Crippen molar-refractivity contribution in [3.63, 3.8) is 0 Å². The van der Waals surface area contributed by atoms with Gasteiger partial charge in [0.15, 0.2) is 0 Å². The van der Waals surface area contributed by atoms with Gasteiger partial charge < -0.3 is 0 Å². The number of rotatable bonds is 0. The van der Waals surface area contributed by atoms with Crippen molar-refractivity contribution in [2.45, 2.75) is 18.9 Å². The lowest BCUT2D eigenvalue weighted by atomic mass is 10.3. The van der Waals surface area contributed by atoms with E-state index in [0.29, 0.717) is 12.5 Å². The molecular weight excluding hydrogens is 92.1 g/mol. The average Bonchev–Trinajstić information content (AvgIpc) is 2.39. The second kappa shape index (κ2) is 1.20. The quantitative estimate of drug-likeness (QED) is 0.419. The molecule has 2 nitrogen and oxygen atoms in total. The molecule has 7 heavy (non-hydrogen) atoms. The van der Waals surface area contributed by atoms with E-state index in [4.69, 9.17) is 6.26 Å². The predicted molar refractivity (Wildman–Crippen MR) is 23.5 cm³/mol. The first kappa shape index (κ1) is 3.05. The van der Waals surface area contributed by atoms with Gasteiger partial charge in [0.2, 0.25) is 0 Å². The molecule has 2 fully saturated rings. The second-order valence-electron chi connectivity index (χ2n) is 2.06. The first-order chi connectivity index (χ1) is 3.81. The van der Waals surface area contributed by atoms with Crippen LogP contribution in [0.2, 0.25) is 0 Å². The zero-order chi connectivity index (χ0) is 5.61. The highest BCUT2D eigenvalue weighted by molar-refractivity contribution is 4.87. The lowest BCUT2D eigenvalue weighted by Crippen LogP contribution is -2.07. The van der Waals surface area contributed by atoms with Crippen LogP contribution in [0.25, 0.3) is 0 Å². The van der Waals surface area contributed by atoms with Crippen LogP contribution >= 0.6 is 0 Å². The van der Waals surface area contributed by atoms with Gasteiger partial charge in [-0.3, -0.25) is 0 Å². The van der Waals surface area contributed by atoms with Crippen molar-refractivity contribution < 1.29 is 11.1 Å². The molecule has 0 aromatic heterocycles. The molecule has 1 saturated carbocycles. The number of hydrogen-bond acceptors (Lipinski definition) is 2. The summed E-state index contributed by atoms with van der Waals surface area (Å²) >= 11 is 0. The third-order valence-electron chi connectivity index (χ3n) is 1.46. The molecular formula is C5H8O2. The van der Waals surface area contributed by atoms with E-state index in [9.17, 15) is 0 Å². The van der Waals surface area contributed by atoms with Crippen LogP contribution in [-0.2, 0) is 9.78 Å². The van der Waals surface area contributed by atoms with Gasteiger partial charge in [-0.1, -0.05) is 0 Å². The maximum atomic E-state index is 7.35. The predicted octanol–water partition coefficient (Wildman–Crippen LogP) is 0.727. The first-order valence-corrected chi connectivity index (χ1v) is 2.62. The third-order valence-corrected chi connectivity index (χ3v) is 1.46. The van der Waals surface area contributed by atoms with E-state index < -0.39 is 6.08 Å². The first-order valence-electron chi connectivity index (χ1n) is 3.12. The Balaban J connectivity index is 2.04. The summed E-state index contributed by atoms with van der Waals surface area (Å²) in [5.41, 5.74) is 0. The molecule has 2 rings (SSSR count). The molecule has 0 aromatic rings. The van der Waals surface area contributed by atoms with Gasteiger partial charge in [-0.2, -0.15) is 0 Å². The lowest BCUT2D eigenvalue weighted by Gasteiger charge is -2.06. The van der Waals surface area contributed by atoms with Gasteiger partial charge >= 0.3 is 0 Å². The molecule has 1 heterocycles. The van der Waals surface area contributed by atoms with Gasteiger partial charge in [0.05, 0.1) is 14.1 Å². The molecule has 1 saturated heterocycles. The SMILES string of the molecule is [2H]C12CC1CCOO2. The van der Waals surface area contributed by atoms with E-state index in [1.807, 2.05) is 0 Å². The standard InChI is InChI=1S/C5H8O2/c1-2-6-7-5-3-4(1)5/h4-5H,1-3H2/i5D. The Morgan fingerprint density at radius 3 is 3.29 bits per heavy atom. The van der Waals surface area contributed by atoms with Gasteiger partial charge in [-0.25, -0.2) is 9.78 Å². The minimum atomic E-state index is -0.627. The molecule has 2 heteroatoms. The summed E-state index contributed by atoms with van der Waals surface area (Å²) in [6.45, 7) is 0.672. The van der Waals surface area contributed by atoms with Crippen LogP contribution in [0.3, 0.4) is 0 Å². The van der Waals surface area contributed by atoms with Crippen LogP contribution in [0.1, 0.15) is 14.2 Å². The Bertz CT molecular complexity index is 115. The molecule has 0 radical (unpaired) electrons. The van der Waals surface area contributed by atoms with E-state index >= 15 is 0 Å². The van der Waals surface area contributed by atoms with Crippen molar-refractivity contribution >= 4 is 0 Å². The van der Waals surface area contributed by atoms with Crippen LogP contribution in [0.5, 0.6) is 0 Å². The largest absolute Gasteiger partial charge is 0.236 e. The molecule has 0 aromatic carbocycles. The van der Waals surface area contributed by atoms with Crippen LogP contribution < -0.4 is 0 Å². The highest BCUT2D eigenvalue weighted by atomic mass is 17.2. The zero-order valence-electron chi connectivity index (χ0n) is 5.02. The molecule has 0 spiro atoms. The minimum Gasteiger partial charge on any atom is -0.236 e. The van der Waals surface area contributed by atoms with Crippen LogP contribution in [0.4, 0.5) is 0 Å². The van der Waals surface area contributed by atoms with Crippen LogP contribution in [0.15, 0.2) is 0 Å². The Morgan fingerprint density at radius 2 is 2.71 bits per heavy atom. The molecule has 2 atom stereocenters. The van der Waals surface area contributed by atoms with Crippen LogP contribution in [0, 0.1) is 5.92 Å².